The molecule has 0 N–H and O–H groups in total. The van der Waals surface area contributed by atoms with Gasteiger partial charge in [0.05, 0.1) is 6.54 Å². The van der Waals surface area contributed by atoms with Crippen molar-refractivity contribution in [1.29, 1.82) is 0 Å². The Morgan fingerprint density at radius 3 is 2.79 bits per heavy atom. The minimum Gasteiger partial charge on any atom is -0.364 e. The van der Waals surface area contributed by atoms with E-state index in [1.54, 1.807) is 22.3 Å². The van der Waals surface area contributed by atoms with Gasteiger partial charge in [0.1, 0.15) is 6.26 Å². The van der Waals surface area contributed by atoms with Crippen LogP contribution in [0.3, 0.4) is 0 Å². The highest BCUT2D eigenvalue weighted by Gasteiger charge is 2.19. The maximum Gasteiger partial charge on any atom is 0.276 e. The van der Waals surface area contributed by atoms with Gasteiger partial charge in [0, 0.05) is 24.0 Å². The van der Waals surface area contributed by atoms with Gasteiger partial charge in [-0.2, -0.15) is 0 Å². The Morgan fingerprint density at radius 1 is 1.37 bits per heavy atom. The molecule has 2 aromatic rings. The molecular weight excluding hydrogens is 262 g/mol. The summed E-state index contributed by atoms with van der Waals surface area (Å²) >= 11 is 1.65. The van der Waals surface area contributed by atoms with E-state index in [0.29, 0.717) is 18.8 Å². The van der Waals surface area contributed by atoms with Crippen LogP contribution in [0.2, 0.25) is 0 Å². The molecule has 1 amide bonds. The maximum atomic E-state index is 12.3. The first kappa shape index (κ1) is 13.8. The summed E-state index contributed by atoms with van der Waals surface area (Å²) < 4.78 is 4.74. The average Bonchev–Trinajstić information content (AvgIpc) is 3.06. The summed E-state index contributed by atoms with van der Waals surface area (Å²) in [6.07, 6.45) is 1.42. The van der Waals surface area contributed by atoms with Crippen molar-refractivity contribution in [3.63, 3.8) is 0 Å². The fourth-order valence-corrected chi connectivity index (χ4v) is 2.37. The van der Waals surface area contributed by atoms with Crippen LogP contribution in [0.25, 0.3) is 0 Å². The zero-order valence-corrected chi connectivity index (χ0v) is 11.9. The standard InChI is InChI=1S/C13H17N3O2S/c1-15(2)6-7-16(10-11-4-3-9-19-11)13(17)12-5-8-18-14-12/h3-5,8-9H,6-7,10H2,1-2H3. The number of thiophene rings is 1. The minimum atomic E-state index is -0.0935. The van der Waals surface area contributed by atoms with E-state index in [1.807, 2.05) is 31.6 Å². The molecule has 0 fully saturated rings. The molecule has 0 radical (unpaired) electrons. The van der Waals surface area contributed by atoms with Crippen molar-refractivity contribution < 1.29 is 9.32 Å². The summed E-state index contributed by atoms with van der Waals surface area (Å²) in [7, 11) is 3.98. The molecule has 0 spiro atoms. The second-order valence-electron chi connectivity index (χ2n) is 4.49. The van der Waals surface area contributed by atoms with Gasteiger partial charge in [-0.05, 0) is 25.5 Å². The van der Waals surface area contributed by atoms with E-state index in [0.717, 1.165) is 11.4 Å². The molecule has 0 aromatic carbocycles. The first-order chi connectivity index (χ1) is 9.16. The summed E-state index contributed by atoms with van der Waals surface area (Å²) in [5, 5.41) is 5.73. The van der Waals surface area contributed by atoms with Crippen LogP contribution in [0.1, 0.15) is 15.4 Å². The summed E-state index contributed by atoms with van der Waals surface area (Å²) in [4.78, 5) is 17.3. The van der Waals surface area contributed by atoms with E-state index in [-0.39, 0.29) is 5.91 Å². The van der Waals surface area contributed by atoms with E-state index in [2.05, 4.69) is 10.1 Å². The van der Waals surface area contributed by atoms with Crippen LogP contribution in [0.4, 0.5) is 0 Å². The fourth-order valence-electron chi connectivity index (χ4n) is 1.65. The van der Waals surface area contributed by atoms with Gasteiger partial charge in [-0.25, -0.2) is 0 Å². The lowest BCUT2D eigenvalue weighted by atomic mass is 10.3. The number of rotatable bonds is 6. The van der Waals surface area contributed by atoms with Crippen molar-refractivity contribution in [2.45, 2.75) is 6.54 Å². The molecule has 19 heavy (non-hydrogen) atoms. The molecule has 0 aliphatic rings. The second-order valence-corrected chi connectivity index (χ2v) is 5.53. The lowest BCUT2D eigenvalue weighted by Gasteiger charge is -2.22. The highest BCUT2D eigenvalue weighted by molar-refractivity contribution is 7.09. The predicted molar refractivity (Wildman–Crippen MR) is 74.1 cm³/mol. The minimum absolute atomic E-state index is 0.0935. The van der Waals surface area contributed by atoms with Crippen LogP contribution in [0.5, 0.6) is 0 Å². The van der Waals surface area contributed by atoms with Crippen molar-refractivity contribution in [3.8, 4) is 0 Å². The Bertz CT molecular complexity index is 494. The molecule has 0 atom stereocenters. The largest absolute Gasteiger partial charge is 0.364 e. The molecule has 0 bridgehead atoms. The van der Waals surface area contributed by atoms with Crippen LogP contribution in [0, 0.1) is 0 Å². The topological polar surface area (TPSA) is 49.6 Å². The van der Waals surface area contributed by atoms with Gasteiger partial charge in [-0.3, -0.25) is 4.79 Å². The van der Waals surface area contributed by atoms with Crippen molar-refractivity contribution in [3.05, 3.63) is 40.4 Å². The molecule has 5 nitrogen and oxygen atoms in total. The van der Waals surface area contributed by atoms with Crippen molar-refractivity contribution in [2.75, 3.05) is 27.2 Å². The second kappa shape index (κ2) is 6.49. The maximum absolute atomic E-state index is 12.3. The molecule has 102 valence electrons. The Hall–Kier alpha value is -1.66. The summed E-state index contributed by atoms with van der Waals surface area (Å²) in [6.45, 7) is 2.09. The number of likely N-dealkylation sites (N-methyl/N-ethyl adjacent to an activating group) is 1. The third-order valence-electron chi connectivity index (χ3n) is 2.69. The number of aromatic nitrogens is 1. The molecule has 6 heteroatoms. The fraction of sp³-hybridized carbons (Fsp3) is 0.385. The van der Waals surface area contributed by atoms with E-state index in [4.69, 9.17) is 4.52 Å². The Balaban J connectivity index is 2.07. The van der Waals surface area contributed by atoms with Gasteiger partial charge < -0.3 is 14.3 Å². The lowest BCUT2D eigenvalue weighted by Crippen LogP contribution is -2.36. The number of hydrogen-bond donors (Lipinski definition) is 0. The Labute approximate surface area is 116 Å². The van der Waals surface area contributed by atoms with Gasteiger partial charge >= 0.3 is 0 Å². The van der Waals surface area contributed by atoms with E-state index in [1.165, 1.54) is 6.26 Å². The van der Waals surface area contributed by atoms with Crippen LogP contribution in [-0.4, -0.2) is 48.0 Å². The summed E-state index contributed by atoms with van der Waals surface area (Å²) in [6, 6.07) is 5.62. The smallest absolute Gasteiger partial charge is 0.276 e. The zero-order valence-electron chi connectivity index (χ0n) is 11.1. The number of nitrogens with zero attached hydrogens (tertiary/aromatic N) is 3. The lowest BCUT2D eigenvalue weighted by molar-refractivity contribution is 0.0723. The molecular formula is C13H17N3O2S. The predicted octanol–water partition coefficient (Wildman–Crippen LogP) is 1.94. The molecule has 2 aromatic heterocycles. The zero-order chi connectivity index (χ0) is 13.7. The molecule has 0 saturated heterocycles. The number of carbonyl (C=O) groups is 1. The summed E-state index contributed by atoms with van der Waals surface area (Å²) in [5.74, 6) is -0.0935. The van der Waals surface area contributed by atoms with Crippen molar-refractivity contribution in [2.24, 2.45) is 0 Å². The molecule has 0 aliphatic carbocycles. The van der Waals surface area contributed by atoms with Gasteiger partial charge in [0.25, 0.3) is 5.91 Å². The van der Waals surface area contributed by atoms with Gasteiger partial charge in [-0.15, -0.1) is 11.3 Å². The summed E-state index contributed by atoms with van der Waals surface area (Å²) in [5.41, 5.74) is 0.357. The monoisotopic (exact) mass is 279 g/mol. The van der Waals surface area contributed by atoms with Crippen LogP contribution < -0.4 is 0 Å². The van der Waals surface area contributed by atoms with Crippen LogP contribution >= 0.6 is 11.3 Å². The van der Waals surface area contributed by atoms with Gasteiger partial charge in [0.15, 0.2) is 5.69 Å². The highest BCUT2D eigenvalue weighted by Crippen LogP contribution is 2.13. The van der Waals surface area contributed by atoms with E-state index in [9.17, 15) is 4.79 Å². The molecule has 2 heterocycles. The van der Waals surface area contributed by atoms with Crippen LogP contribution in [-0.2, 0) is 6.54 Å². The third-order valence-corrected chi connectivity index (χ3v) is 3.55. The van der Waals surface area contributed by atoms with Gasteiger partial charge in [-0.1, -0.05) is 11.2 Å². The van der Waals surface area contributed by atoms with Gasteiger partial charge in [0.2, 0.25) is 0 Å². The first-order valence-corrected chi connectivity index (χ1v) is 6.91. The highest BCUT2D eigenvalue weighted by atomic mass is 32.1. The number of amides is 1. The molecule has 0 saturated carbocycles. The normalized spacial score (nSPS) is 10.9. The number of hydrogen-bond acceptors (Lipinski definition) is 5. The van der Waals surface area contributed by atoms with E-state index >= 15 is 0 Å². The Morgan fingerprint density at radius 2 is 2.21 bits per heavy atom. The average molecular weight is 279 g/mol. The molecule has 0 aliphatic heterocycles. The van der Waals surface area contributed by atoms with Crippen molar-refractivity contribution in [1.82, 2.24) is 15.0 Å². The van der Waals surface area contributed by atoms with E-state index < -0.39 is 0 Å². The molecule has 0 unspecified atom stereocenters. The molecule has 2 rings (SSSR count). The number of carbonyl (C=O) groups excluding carboxylic acids is 1. The quantitative estimate of drug-likeness (QED) is 0.811. The SMILES string of the molecule is CN(C)CCN(Cc1cccs1)C(=O)c1ccon1. The first-order valence-electron chi connectivity index (χ1n) is 6.03. The third kappa shape index (κ3) is 3.90. The van der Waals surface area contributed by atoms with Crippen molar-refractivity contribution >= 4 is 17.2 Å². The Kier molecular flexibility index (Phi) is 4.70. The van der Waals surface area contributed by atoms with Crippen LogP contribution in [0.15, 0.2) is 34.4 Å².